The van der Waals surface area contributed by atoms with E-state index in [1.165, 1.54) is 11.8 Å². The van der Waals surface area contributed by atoms with Gasteiger partial charge in [0.1, 0.15) is 5.75 Å². The van der Waals surface area contributed by atoms with Gasteiger partial charge in [-0.1, -0.05) is 0 Å². The average molecular weight is 375 g/mol. The van der Waals surface area contributed by atoms with Crippen molar-refractivity contribution in [1.29, 1.82) is 0 Å². The van der Waals surface area contributed by atoms with E-state index >= 15 is 0 Å². The minimum atomic E-state index is -0.557. The van der Waals surface area contributed by atoms with Crippen molar-refractivity contribution in [2.45, 2.75) is 39.2 Å². The van der Waals surface area contributed by atoms with Crippen LogP contribution in [-0.2, 0) is 14.4 Å². The number of carbonyl (C=O) groups is 4. The van der Waals surface area contributed by atoms with Crippen LogP contribution in [0.1, 0.15) is 43.5 Å². The van der Waals surface area contributed by atoms with Crippen LogP contribution in [0.2, 0.25) is 0 Å². The Morgan fingerprint density at radius 1 is 1.15 bits per heavy atom. The van der Waals surface area contributed by atoms with Crippen LogP contribution in [0, 0.1) is 0 Å². The fourth-order valence-corrected chi connectivity index (χ4v) is 2.73. The molecule has 0 aromatic heterocycles. The number of hydrogen-bond donors (Lipinski definition) is 2. The van der Waals surface area contributed by atoms with Gasteiger partial charge in [-0.2, -0.15) is 0 Å². The zero-order valence-corrected chi connectivity index (χ0v) is 15.8. The molecule has 0 spiro atoms. The van der Waals surface area contributed by atoms with E-state index in [4.69, 9.17) is 4.74 Å². The van der Waals surface area contributed by atoms with Crippen molar-refractivity contribution in [3.05, 3.63) is 23.8 Å². The maximum absolute atomic E-state index is 12.4. The van der Waals surface area contributed by atoms with Gasteiger partial charge in [0, 0.05) is 45.5 Å². The van der Waals surface area contributed by atoms with Crippen molar-refractivity contribution in [3.63, 3.8) is 0 Å². The standard InChI is InChI=1S/C19H25N3O5/c1-12-19(26)22(3)15-11-14(5-7-17(15)27-12)16(24)6-8-18(25)21-10-4-9-20-13(2)23/h5,7,11-12H,4,6,8-10H2,1-3H3,(H,20,23)(H,21,25). The van der Waals surface area contributed by atoms with E-state index < -0.39 is 6.10 Å². The van der Waals surface area contributed by atoms with Crippen LogP contribution in [0.5, 0.6) is 5.75 Å². The van der Waals surface area contributed by atoms with Crippen LogP contribution in [0.25, 0.3) is 0 Å². The molecule has 27 heavy (non-hydrogen) atoms. The first kappa shape index (κ1) is 20.4. The number of ether oxygens (including phenoxy) is 1. The summed E-state index contributed by atoms with van der Waals surface area (Å²) in [6, 6.07) is 4.93. The molecule has 0 saturated heterocycles. The Bertz CT molecular complexity index is 747. The number of likely N-dealkylation sites (N-methyl/N-ethyl adjacent to an activating group) is 1. The summed E-state index contributed by atoms with van der Waals surface area (Å²) in [5.41, 5.74) is 0.983. The number of fused-ring (bicyclic) bond motifs is 1. The van der Waals surface area contributed by atoms with Crippen LogP contribution in [-0.4, -0.2) is 49.7 Å². The molecular weight excluding hydrogens is 350 g/mol. The molecule has 3 amide bonds. The number of carbonyl (C=O) groups excluding carboxylic acids is 4. The molecule has 1 aromatic rings. The Kier molecular flexibility index (Phi) is 6.92. The molecule has 1 aromatic carbocycles. The van der Waals surface area contributed by atoms with E-state index in [1.54, 1.807) is 32.2 Å². The summed E-state index contributed by atoms with van der Waals surface area (Å²) in [4.78, 5) is 48.4. The zero-order chi connectivity index (χ0) is 20.0. The highest BCUT2D eigenvalue weighted by Gasteiger charge is 2.29. The number of nitrogens with zero attached hydrogens (tertiary/aromatic N) is 1. The van der Waals surface area contributed by atoms with E-state index in [2.05, 4.69) is 10.6 Å². The average Bonchev–Trinajstić information content (AvgIpc) is 2.63. The molecular formula is C19H25N3O5. The minimum Gasteiger partial charge on any atom is -0.479 e. The molecule has 1 heterocycles. The first-order chi connectivity index (χ1) is 12.8. The molecule has 1 unspecified atom stereocenters. The van der Waals surface area contributed by atoms with Crippen molar-refractivity contribution in [1.82, 2.24) is 10.6 Å². The molecule has 146 valence electrons. The van der Waals surface area contributed by atoms with Crippen LogP contribution < -0.4 is 20.3 Å². The van der Waals surface area contributed by atoms with E-state index in [1.807, 2.05) is 0 Å². The summed E-state index contributed by atoms with van der Waals surface area (Å²) in [5, 5.41) is 5.36. The summed E-state index contributed by atoms with van der Waals surface area (Å²) in [7, 11) is 1.64. The predicted molar refractivity (Wildman–Crippen MR) is 99.8 cm³/mol. The van der Waals surface area contributed by atoms with Gasteiger partial charge in [0.15, 0.2) is 11.9 Å². The minimum absolute atomic E-state index is 0.0746. The Morgan fingerprint density at radius 2 is 1.85 bits per heavy atom. The summed E-state index contributed by atoms with van der Waals surface area (Å²) in [6.45, 7) is 4.05. The topological polar surface area (TPSA) is 105 Å². The Morgan fingerprint density at radius 3 is 2.56 bits per heavy atom. The maximum atomic E-state index is 12.4. The van der Waals surface area contributed by atoms with Gasteiger partial charge < -0.3 is 20.3 Å². The second-order valence-electron chi connectivity index (χ2n) is 6.45. The lowest BCUT2D eigenvalue weighted by molar-refractivity contribution is -0.125. The fraction of sp³-hybridized carbons (Fsp3) is 0.474. The second kappa shape index (κ2) is 9.16. The van der Waals surface area contributed by atoms with E-state index in [9.17, 15) is 19.2 Å². The molecule has 0 bridgehead atoms. The Labute approximate surface area is 158 Å². The van der Waals surface area contributed by atoms with E-state index in [0.717, 1.165) is 0 Å². The Hall–Kier alpha value is -2.90. The summed E-state index contributed by atoms with van der Waals surface area (Å²) >= 11 is 0. The predicted octanol–water partition coefficient (Wildman–Crippen LogP) is 1.04. The number of nitrogens with one attached hydrogen (secondary N) is 2. The first-order valence-electron chi connectivity index (χ1n) is 8.92. The number of anilines is 1. The third-order valence-corrected chi connectivity index (χ3v) is 4.25. The normalized spacial score (nSPS) is 15.6. The van der Waals surface area contributed by atoms with Crippen molar-refractivity contribution < 1.29 is 23.9 Å². The van der Waals surface area contributed by atoms with Crippen molar-refractivity contribution in [3.8, 4) is 5.75 Å². The molecule has 0 radical (unpaired) electrons. The summed E-state index contributed by atoms with van der Waals surface area (Å²) < 4.78 is 5.53. The molecule has 2 rings (SSSR count). The lowest BCUT2D eigenvalue weighted by atomic mass is 10.0. The quantitative estimate of drug-likeness (QED) is 0.522. The van der Waals surface area contributed by atoms with Gasteiger partial charge in [-0.3, -0.25) is 19.2 Å². The molecule has 1 atom stereocenters. The molecule has 1 aliphatic heterocycles. The third-order valence-electron chi connectivity index (χ3n) is 4.25. The molecule has 1 aliphatic rings. The lowest BCUT2D eigenvalue weighted by Crippen LogP contribution is -2.42. The maximum Gasteiger partial charge on any atom is 0.267 e. The highest BCUT2D eigenvalue weighted by Crippen LogP contribution is 2.34. The van der Waals surface area contributed by atoms with Crippen molar-refractivity contribution in [2.75, 3.05) is 25.0 Å². The number of Topliss-reactive ketones (excluding diaryl/α,β-unsaturated/α-hetero) is 1. The molecule has 8 heteroatoms. The van der Waals surface area contributed by atoms with Gasteiger partial charge in [0.2, 0.25) is 11.8 Å². The van der Waals surface area contributed by atoms with Gasteiger partial charge in [0.05, 0.1) is 5.69 Å². The molecule has 0 aliphatic carbocycles. The zero-order valence-electron chi connectivity index (χ0n) is 15.8. The summed E-state index contributed by atoms with van der Waals surface area (Å²) in [6.07, 6.45) is 0.227. The van der Waals surface area contributed by atoms with E-state index in [0.29, 0.717) is 36.5 Å². The number of amides is 3. The lowest BCUT2D eigenvalue weighted by Gasteiger charge is -2.30. The first-order valence-corrected chi connectivity index (χ1v) is 8.92. The van der Waals surface area contributed by atoms with Gasteiger partial charge in [-0.25, -0.2) is 0 Å². The largest absolute Gasteiger partial charge is 0.479 e. The molecule has 8 nitrogen and oxygen atoms in total. The van der Waals surface area contributed by atoms with Crippen molar-refractivity contribution >= 4 is 29.2 Å². The van der Waals surface area contributed by atoms with Gasteiger partial charge in [-0.05, 0) is 31.5 Å². The smallest absolute Gasteiger partial charge is 0.267 e. The third kappa shape index (κ3) is 5.54. The fourth-order valence-electron chi connectivity index (χ4n) is 2.73. The van der Waals surface area contributed by atoms with Gasteiger partial charge in [0.25, 0.3) is 5.91 Å². The number of hydrogen-bond acceptors (Lipinski definition) is 5. The van der Waals surface area contributed by atoms with Crippen LogP contribution in [0.4, 0.5) is 5.69 Å². The number of ketones is 1. The molecule has 0 fully saturated rings. The van der Waals surface area contributed by atoms with Gasteiger partial charge >= 0.3 is 0 Å². The van der Waals surface area contributed by atoms with Crippen LogP contribution in [0.3, 0.4) is 0 Å². The molecule has 0 saturated carbocycles. The summed E-state index contributed by atoms with van der Waals surface area (Å²) in [5.74, 6) is -0.118. The second-order valence-corrected chi connectivity index (χ2v) is 6.45. The Balaban J connectivity index is 1.83. The van der Waals surface area contributed by atoms with Gasteiger partial charge in [-0.15, -0.1) is 0 Å². The van der Waals surface area contributed by atoms with Crippen molar-refractivity contribution in [2.24, 2.45) is 0 Å². The van der Waals surface area contributed by atoms with E-state index in [-0.39, 0.29) is 36.3 Å². The number of rotatable bonds is 8. The molecule has 2 N–H and O–H groups in total. The van der Waals surface area contributed by atoms with Crippen LogP contribution in [0.15, 0.2) is 18.2 Å². The monoisotopic (exact) mass is 375 g/mol. The highest BCUT2D eigenvalue weighted by atomic mass is 16.5. The SMILES string of the molecule is CC(=O)NCCCNC(=O)CCC(=O)c1ccc2c(c1)N(C)C(=O)C(C)O2. The van der Waals surface area contributed by atoms with Crippen LogP contribution >= 0.6 is 0 Å². The highest BCUT2D eigenvalue weighted by molar-refractivity contribution is 6.03. The number of benzene rings is 1.